The summed E-state index contributed by atoms with van der Waals surface area (Å²) >= 11 is 4.88. The van der Waals surface area contributed by atoms with Crippen LogP contribution in [0.4, 0.5) is 5.69 Å². The molecule has 14 nitrogen and oxygen atoms in total. The number of rotatable bonds is 9. The second-order valence-electron chi connectivity index (χ2n) is 7.50. The van der Waals surface area contributed by atoms with Gasteiger partial charge in [-0.2, -0.15) is 0 Å². The lowest BCUT2D eigenvalue weighted by Crippen LogP contribution is -2.34. The van der Waals surface area contributed by atoms with E-state index in [1.165, 1.54) is 24.3 Å². The number of benzene rings is 1. The zero-order valence-electron chi connectivity index (χ0n) is 19.7. The van der Waals surface area contributed by atoms with Crippen molar-refractivity contribution in [1.29, 1.82) is 0 Å². The molecule has 3 rings (SSSR count). The molecule has 16 heteroatoms. The summed E-state index contributed by atoms with van der Waals surface area (Å²) in [6, 6.07) is 5.95. The Morgan fingerprint density at radius 2 is 1.32 bits per heavy atom. The molecule has 1 aromatic rings. The summed E-state index contributed by atoms with van der Waals surface area (Å²) in [5.41, 5.74) is 0.719. The SMILES string of the molecule is O=C(CBr)NCCC(=O)ON1C(=O)CCC1=O.O=C(CI)Nc1ccc(C(=O)ON2C(=O)CCC2=O)cc1. The van der Waals surface area contributed by atoms with E-state index in [1.807, 2.05) is 22.6 Å². The van der Waals surface area contributed by atoms with Gasteiger partial charge in [-0.1, -0.05) is 38.5 Å². The van der Waals surface area contributed by atoms with Gasteiger partial charge in [0.25, 0.3) is 23.6 Å². The lowest BCUT2D eigenvalue weighted by Gasteiger charge is -2.12. The molecule has 6 amide bonds. The Bertz CT molecular complexity index is 1100. The summed E-state index contributed by atoms with van der Waals surface area (Å²) in [6.07, 6.45) is 0.120. The third kappa shape index (κ3) is 9.47. The van der Waals surface area contributed by atoms with Crippen LogP contribution >= 0.6 is 38.5 Å². The molecule has 0 aliphatic carbocycles. The zero-order chi connectivity index (χ0) is 28.2. The van der Waals surface area contributed by atoms with Crippen LogP contribution in [0.25, 0.3) is 0 Å². The molecular formula is C22H22BrIN4O10. The molecule has 204 valence electrons. The van der Waals surface area contributed by atoms with Crippen LogP contribution in [0.2, 0.25) is 0 Å². The van der Waals surface area contributed by atoms with E-state index >= 15 is 0 Å². The van der Waals surface area contributed by atoms with Crippen molar-refractivity contribution in [1.82, 2.24) is 15.4 Å². The third-order valence-electron chi connectivity index (χ3n) is 4.68. The molecule has 2 saturated heterocycles. The minimum atomic E-state index is -0.801. The first-order valence-electron chi connectivity index (χ1n) is 11.0. The number of hydrogen-bond acceptors (Lipinski definition) is 10. The first kappa shape index (κ1) is 30.8. The van der Waals surface area contributed by atoms with Crippen LogP contribution in [0.5, 0.6) is 0 Å². The molecule has 1 aromatic carbocycles. The monoisotopic (exact) mass is 708 g/mol. The average Bonchev–Trinajstić information content (AvgIpc) is 3.39. The standard InChI is InChI=1S/C13H11IN2O5.C9H11BrN2O5/c14-7-10(17)15-9-3-1-8(2-4-9)13(20)21-16-11(18)5-6-12(16)19;10-5-6(13)11-4-3-9(16)17-12-7(14)1-2-8(12)15/h1-4H,5-7H2,(H,15,17);1-5H2,(H,11,13). The molecule has 2 aliphatic heterocycles. The Kier molecular flexibility index (Phi) is 12.3. The fourth-order valence-electron chi connectivity index (χ4n) is 2.83. The van der Waals surface area contributed by atoms with Crippen LogP contribution in [-0.4, -0.2) is 73.8 Å². The van der Waals surface area contributed by atoms with E-state index in [9.17, 15) is 38.4 Å². The van der Waals surface area contributed by atoms with Crippen molar-refractivity contribution in [3.05, 3.63) is 29.8 Å². The normalized spacial score (nSPS) is 14.6. The average molecular weight is 709 g/mol. The largest absolute Gasteiger partial charge is 0.363 e. The lowest BCUT2D eigenvalue weighted by atomic mass is 10.2. The smallest absolute Gasteiger partial charge is 0.355 e. The van der Waals surface area contributed by atoms with Crippen LogP contribution in [0, 0.1) is 0 Å². The Morgan fingerprint density at radius 3 is 1.79 bits per heavy atom. The van der Waals surface area contributed by atoms with Crippen LogP contribution < -0.4 is 10.6 Å². The van der Waals surface area contributed by atoms with Crippen molar-refractivity contribution in [2.24, 2.45) is 0 Å². The van der Waals surface area contributed by atoms with E-state index in [4.69, 9.17) is 4.84 Å². The number of carbonyl (C=O) groups is 8. The Balaban J connectivity index is 0.000000273. The predicted molar refractivity (Wildman–Crippen MR) is 139 cm³/mol. The molecule has 0 saturated carbocycles. The number of alkyl halides is 2. The fourth-order valence-corrected chi connectivity index (χ4v) is 3.22. The maximum atomic E-state index is 11.8. The number of anilines is 1. The molecule has 2 fully saturated rings. The third-order valence-corrected chi connectivity index (χ3v) is 5.88. The summed E-state index contributed by atoms with van der Waals surface area (Å²) < 4.78 is 0.320. The van der Waals surface area contributed by atoms with Crippen molar-refractivity contribution in [3.63, 3.8) is 0 Å². The molecule has 0 unspecified atom stereocenters. The number of hydroxylamine groups is 4. The minimum absolute atomic E-state index is 0.0490. The molecule has 0 aromatic heterocycles. The summed E-state index contributed by atoms with van der Waals surface area (Å²) in [6.45, 7) is 0.0967. The number of nitrogens with one attached hydrogen (secondary N) is 2. The highest BCUT2D eigenvalue weighted by atomic mass is 127. The topological polar surface area (TPSA) is 186 Å². The van der Waals surface area contributed by atoms with Gasteiger partial charge >= 0.3 is 11.9 Å². The molecule has 2 heterocycles. The number of hydrogen-bond donors (Lipinski definition) is 2. The van der Waals surface area contributed by atoms with E-state index in [1.54, 1.807) is 0 Å². The molecule has 0 atom stereocenters. The highest BCUT2D eigenvalue weighted by molar-refractivity contribution is 14.1. The van der Waals surface area contributed by atoms with E-state index in [0.717, 1.165) is 0 Å². The molecule has 38 heavy (non-hydrogen) atoms. The number of carbonyl (C=O) groups excluding carboxylic acids is 8. The van der Waals surface area contributed by atoms with Gasteiger partial charge in [-0.15, -0.1) is 10.1 Å². The van der Waals surface area contributed by atoms with Gasteiger partial charge in [0.05, 0.1) is 21.7 Å². The first-order chi connectivity index (χ1) is 18.0. The molecule has 2 aliphatic rings. The number of amides is 6. The summed E-state index contributed by atoms with van der Waals surface area (Å²) in [5.74, 6) is -4.04. The molecular weight excluding hydrogens is 687 g/mol. The van der Waals surface area contributed by atoms with Gasteiger partial charge in [0.2, 0.25) is 11.8 Å². The van der Waals surface area contributed by atoms with Gasteiger partial charge in [-0.05, 0) is 24.3 Å². The van der Waals surface area contributed by atoms with Gasteiger partial charge in [0.1, 0.15) is 0 Å². The zero-order valence-corrected chi connectivity index (χ0v) is 23.4. The summed E-state index contributed by atoms with van der Waals surface area (Å²) in [7, 11) is 0. The number of nitrogens with zero attached hydrogens (tertiary/aromatic N) is 2. The number of halogens is 2. The Hall–Kier alpha value is -3.41. The Labute approximate surface area is 237 Å². The van der Waals surface area contributed by atoms with Gasteiger partial charge in [-0.25, -0.2) is 9.59 Å². The second-order valence-corrected chi connectivity index (χ2v) is 8.82. The predicted octanol–water partition coefficient (Wildman–Crippen LogP) is 0.776. The quantitative estimate of drug-likeness (QED) is 0.211. The molecule has 2 N–H and O–H groups in total. The minimum Gasteiger partial charge on any atom is -0.355 e. The summed E-state index contributed by atoms with van der Waals surface area (Å²) in [5, 5.41) is 6.18. The second kappa shape index (κ2) is 15.1. The maximum Gasteiger partial charge on any atom is 0.363 e. The lowest BCUT2D eigenvalue weighted by molar-refractivity contribution is -0.197. The van der Waals surface area contributed by atoms with Gasteiger partial charge < -0.3 is 20.3 Å². The van der Waals surface area contributed by atoms with Crippen LogP contribution in [0.1, 0.15) is 42.5 Å². The highest BCUT2D eigenvalue weighted by Gasteiger charge is 2.33. The van der Waals surface area contributed by atoms with Crippen molar-refractivity contribution >= 4 is 91.6 Å². The van der Waals surface area contributed by atoms with Crippen molar-refractivity contribution in [2.45, 2.75) is 32.1 Å². The van der Waals surface area contributed by atoms with Crippen LogP contribution in [0.3, 0.4) is 0 Å². The van der Waals surface area contributed by atoms with Gasteiger partial charge in [0, 0.05) is 37.9 Å². The van der Waals surface area contributed by atoms with E-state index < -0.39 is 35.6 Å². The van der Waals surface area contributed by atoms with Crippen molar-refractivity contribution in [2.75, 3.05) is 21.6 Å². The van der Waals surface area contributed by atoms with Crippen molar-refractivity contribution in [3.8, 4) is 0 Å². The first-order valence-corrected chi connectivity index (χ1v) is 13.6. The van der Waals surface area contributed by atoms with Crippen molar-refractivity contribution < 1.29 is 48.0 Å². The van der Waals surface area contributed by atoms with Crippen LogP contribution in [0.15, 0.2) is 24.3 Å². The highest BCUT2D eigenvalue weighted by Crippen LogP contribution is 2.16. The molecule has 0 bridgehead atoms. The molecule has 0 spiro atoms. The Morgan fingerprint density at radius 1 is 0.816 bits per heavy atom. The van der Waals surface area contributed by atoms with Gasteiger partial charge in [0.15, 0.2) is 0 Å². The number of imide groups is 2. The van der Waals surface area contributed by atoms with Crippen LogP contribution in [-0.2, 0) is 43.2 Å². The fraction of sp³-hybridized carbons (Fsp3) is 0.364. The summed E-state index contributed by atoms with van der Waals surface area (Å²) in [4.78, 5) is 99.3. The van der Waals surface area contributed by atoms with Gasteiger partial charge in [-0.3, -0.25) is 28.8 Å². The van der Waals surface area contributed by atoms with E-state index in [-0.39, 0.29) is 61.4 Å². The molecule has 0 radical (unpaired) electrons. The maximum absolute atomic E-state index is 11.8. The van der Waals surface area contributed by atoms with E-state index in [0.29, 0.717) is 20.2 Å². The van der Waals surface area contributed by atoms with E-state index in [2.05, 4.69) is 31.4 Å².